The highest BCUT2D eigenvalue weighted by molar-refractivity contribution is 5.95. The summed E-state index contributed by atoms with van der Waals surface area (Å²) in [5.74, 6) is -6.36. The van der Waals surface area contributed by atoms with Gasteiger partial charge in [0.15, 0.2) is 29.0 Å². The summed E-state index contributed by atoms with van der Waals surface area (Å²) in [5.41, 5.74) is -3.23. The number of hydrogen-bond acceptors (Lipinski definition) is 5. The van der Waals surface area contributed by atoms with Crippen molar-refractivity contribution in [2.24, 2.45) is 7.05 Å². The third-order valence-electron chi connectivity index (χ3n) is 5.61. The zero-order chi connectivity index (χ0) is 23.4. The highest BCUT2D eigenvalue weighted by Gasteiger charge is 2.38. The molecule has 32 heavy (non-hydrogen) atoms. The zero-order valence-corrected chi connectivity index (χ0v) is 17.0. The van der Waals surface area contributed by atoms with Crippen LogP contribution in [0.3, 0.4) is 0 Å². The standard InChI is InChI=1S/C20H18F6N4O2/c1-29(9-3-5-32-6-4-9)19-15(23)17-11(8-27-19)16(28-30(17)2)10-7-12(20(24,25)26)14(22)18(31)13(10)21/h7-9,31H,3-6H2,1-2H3. The van der Waals surface area contributed by atoms with Gasteiger partial charge in [0, 0.05) is 50.5 Å². The van der Waals surface area contributed by atoms with Crippen LogP contribution in [0.15, 0.2) is 12.3 Å². The van der Waals surface area contributed by atoms with E-state index in [1.54, 1.807) is 11.9 Å². The molecule has 2 aromatic heterocycles. The third kappa shape index (κ3) is 3.51. The van der Waals surface area contributed by atoms with Crippen LogP contribution in [0, 0.1) is 17.5 Å². The molecule has 4 rings (SSSR count). The monoisotopic (exact) mass is 460 g/mol. The number of rotatable bonds is 3. The van der Waals surface area contributed by atoms with Gasteiger partial charge in [-0.3, -0.25) is 4.68 Å². The minimum Gasteiger partial charge on any atom is -0.503 e. The Balaban J connectivity index is 1.88. The van der Waals surface area contributed by atoms with Crippen molar-refractivity contribution in [3.8, 4) is 17.0 Å². The van der Waals surface area contributed by atoms with Gasteiger partial charge in [0.2, 0.25) is 0 Å². The predicted molar refractivity (Wildman–Crippen MR) is 103 cm³/mol. The molecule has 0 aliphatic carbocycles. The van der Waals surface area contributed by atoms with E-state index in [4.69, 9.17) is 4.74 Å². The molecule has 1 fully saturated rings. The number of aryl methyl sites for hydroxylation is 1. The topological polar surface area (TPSA) is 63.4 Å². The van der Waals surface area contributed by atoms with E-state index in [1.807, 2.05) is 0 Å². The first kappa shape index (κ1) is 22.2. The molecule has 0 saturated carbocycles. The molecule has 6 nitrogen and oxygen atoms in total. The highest BCUT2D eigenvalue weighted by atomic mass is 19.4. The SMILES string of the molecule is CN(c1ncc2c(-c3cc(C(F)(F)F)c(F)c(O)c3F)nn(C)c2c1F)C1CCOCC1. The van der Waals surface area contributed by atoms with Crippen LogP contribution in [0.2, 0.25) is 0 Å². The second kappa shape index (κ2) is 7.84. The van der Waals surface area contributed by atoms with Gasteiger partial charge in [-0.15, -0.1) is 0 Å². The lowest BCUT2D eigenvalue weighted by Crippen LogP contribution is -2.37. The van der Waals surface area contributed by atoms with Crippen LogP contribution >= 0.6 is 0 Å². The fourth-order valence-electron chi connectivity index (χ4n) is 3.90. The molecule has 1 N–H and O–H groups in total. The first-order valence-electron chi connectivity index (χ1n) is 9.62. The van der Waals surface area contributed by atoms with E-state index < -0.39 is 46.2 Å². The molecular formula is C20H18F6N4O2. The molecule has 1 saturated heterocycles. The lowest BCUT2D eigenvalue weighted by molar-refractivity contribution is -0.140. The van der Waals surface area contributed by atoms with Crippen LogP contribution in [-0.2, 0) is 18.0 Å². The number of alkyl halides is 3. The molecule has 3 heterocycles. The number of ether oxygens (including phenoxy) is 1. The van der Waals surface area contributed by atoms with Gasteiger partial charge in [-0.2, -0.15) is 18.3 Å². The quantitative estimate of drug-likeness (QED) is 0.588. The molecule has 0 unspecified atom stereocenters. The van der Waals surface area contributed by atoms with E-state index in [0.29, 0.717) is 26.1 Å². The number of fused-ring (bicyclic) bond motifs is 1. The van der Waals surface area contributed by atoms with Crippen molar-refractivity contribution in [2.45, 2.75) is 25.1 Å². The average Bonchev–Trinajstić information content (AvgIpc) is 3.08. The number of halogens is 6. The maximum atomic E-state index is 15.4. The second-order valence-corrected chi connectivity index (χ2v) is 7.53. The van der Waals surface area contributed by atoms with Gasteiger partial charge in [-0.1, -0.05) is 0 Å². The zero-order valence-electron chi connectivity index (χ0n) is 17.0. The molecule has 3 aromatic rings. The molecule has 0 radical (unpaired) electrons. The molecule has 1 aliphatic rings. The molecule has 1 aliphatic heterocycles. The first-order valence-corrected chi connectivity index (χ1v) is 9.62. The number of nitrogens with zero attached hydrogens (tertiary/aromatic N) is 4. The van der Waals surface area contributed by atoms with Crippen molar-refractivity contribution in [1.82, 2.24) is 14.8 Å². The average molecular weight is 460 g/mol. The molecule has 0 bridgehead atoms. The number of pyridine rings is 1. The van der Waals surface area contributed by atoms with Gasteiger partial charge in [0.1, 0.15) is 11.2 Å². The molecule has 0 spiro atoms. The predicted octanol–water partition coefficient (Wildman–Crippen LogP) is 4.39. The number of phenols is 1. The fourth-order valence-corrected chi connectivity index (χ4v) is 3.90. The Morgan fingerprint density at radius 1 is 1.12 bits per heavy atom. The Labute approximate surface area is 178 Å². The fraction of sp³-hybridized carbons (Fsp3) is 0.400. The van der Waals surface area contributed by atoms with E-state index in [2.05, 4.69) is 10.1 Å². The summed E-state index contributed by atoms with van der Waals surface area (Å²) < 4.78 is 89.7. The van der Waals surface area contributed by atoms with Crippen molar-refractivity contribution in [3.05, 3.63) is 35.3 Å². The minimum atomic E-state index is -5.20. The third-order valence-corrected chi connectivity index (χ3v) is 5.61. The number of phenolic OH excluding ortho intramolecular Hbond substituents is 1. The van der Waals surface area contributed by atoms with Crippen LogP contribution < -0.4 is 4.90 Å². The van der Waals surface area contributed by atoms with Gasteiger partial charge in [-0.25, -0.2) is 18.2 Å². The first-order chi connectivity index (χ1) is 15.0. The molecular weight excluding hydrogens is 442 g/mol. The lowest BCUT2D eigenvalue weighted by atomic mass is 10.0. The molecule has 0 atom stereocenters. The van der Waals surface area contributed by atoms with Crippen LogP contribution in [0.5, 0.6) is 5.75 Å². The number of aromatic hydroxyl groups is 1. The normalized spacial score (nSPS) is 15.5. The highest BCUT2D eigenvalue weighted by Crippen LogP contribution is 2.42. The summed E-state index contributed by atoms with van der Waals surface area (Å²) in [5, 5.41) is 13.5. The summed E-state index contributed by atoms with van der Waals surface area (Å²) in [4.78, 5) is 5.75. The second-order valence-electron chi connectivity index (χ2n) is 7.53. The van der Waals surface area contributed by atoms with Crippen LogP contribution in [-0.4, -0.2) is 46.2 Å². The lowest BCUT2D eigenvalue weighted by Gasteiger charge is -2.32. The van der Waals surface area contributed by atoms with E-state index in [0.717, 1.165) is 4.68 Å². The smallest absolute Gasteiger partial charge is 0.419 e. The van der Waals surface area contributed by atoms with Gasteiger partial charge >= 0.3 is 6.18 Å². The van der Waals surface area contributed by atoms with Crippen LogP contribution in [0.1, 0.15) is 18.4 Å². The van der Waals surface area contributed by atoms with Crippen molar-refractivity contribution in [2.75, 3.05) is 25.2 Å². The maximum Gasteiger partial charge on any atom is 0.419 e. The van der Waals surface area contributed by atoms with Crippen molar-refractivity contribution in [1.29, 1.82) is 0 Å². The van der Waals surface area contributed by atoms with Gasteiger partial charge in [0.25, 0.3) is 0 Å². The van der Waals surface area contributed by atoms with Crippen molar-refractivity contribution in [3.63, 3.8) is 0 Å². The Bertz CT molecular complexity index is 1190. The van der Waals surface area contributed by atoms with Gasteiger partial charge < -0.3 is 14.7 Å². The van der Waals surface area contributed by atoms with Crippen LogP contribution in [0.4, 0.5) is 32.2 Å². The number of benzene rings is 1. The molecule has 12 heteroatoms. The van der Waals surface area contributed by atoms with E-state index >= 15 is 4.39 Å². The molecule has 1 aromatic carbocycles. The Hall–Kier alpha value is -3.02. The largest absolute Gasteiger partial charge is 0.503 e. The number of anilines is 1. The van der Waals surface area contributed by atoms with Gasteiger partial charge in [0.05, 0.1) is 5.56 Å². The van der Waals surface area contributed by atoms with Crippen LogP contribution in [0.25, 0.3) is 22.2 Å². The van der Waals surface area contributed by atoms with Gasteiger partial charge in [-0.05, 0) is 18.9 Å². The Kier molecular flexibility index (Phi) is 5.43. The van der Waals surface area contributed by atoms with E-state index in [9.17, 15) is 27.1 Å². The summed E-state index contributed by atoms with van der Waals surface area (Å²) in [6, 6.07) is 0.170. The number of aromatic nitrogens is 3. The number of hydrogen-bond donors (Lipinski definition) is 1. The summed E-state index contributed by atoms with van der Waals surface area (Å²) in [6.45, 7) is 1.03. The Morgan fingerprint density at radius 3 is 2.41 bits per heavy atom. The summed E-state index contributed by atoms with van der Waals surface area (Å²) >= 11 is 0. The Morgan fingerprint density at radius 2 is 1.78 bits per heavy atom. The van der Waals surface area contributed by atoms with E-state index in [-0.39, 0.29) is 28.8 Å². The minimum absolute atomic E-state index is 0.00245. The molecule has 172 valence electrons. The van der Waals surface area contributed by atoms with E-state index in [1.165, 1.54) is 13.2 Å². The molecule has 0 amide bonds. The van der Waals surface area contributed by atoms with Crippen molar-refractivity contribution < 1.29 is 36.2 Å². The van der Waals surface area contributed by atoms with Crippen molar-refractivity contribution >= 4 is 16.7 Å². The maximum absolute atomic E-state index is 15.4. The summed E-state index contributed by atoms with van der Waals surface area (Å²) in [6.07, 6.45) is -2.71. The summed E-state index contributed by atoms with van der Waals surface area (Å²) in [7, 11) is 3.00.